The number of halogens is 2. The van der Waals surface area contributed by atoms with Gasteiger partial charge in [-0.15, -0.1) is 11.3 Å². The summed E-state index contributed by atoms with van der Waals surface area (Å²) in [6, 6.07) is 12.9. The molecule has 0 saturated carbocycles. The second-order valence-corrected chi connectivity index (χ2v) is 6.66. The van der Waals surface area contributed by atoms with E-state index in [9.17, 15) is 9.18 Å². The minimum atomic E-state index is -0.419. The molecule has 2 aromatic carbocycles. The molecule has 0 unspecified atom stereocenters. The summed E-state index contributed by atoms with van der Waals surface area (Å²) in [5.74, 6) is 0.0383. The third kappa shape index (κ3) is 4.33. The standard InChI is InChI=1S/C19H15ClFNO3S/c1-24-16-7-6-13(9-14(16)20)22-19(23)18-8-12(11-26-18)10-25-17-5-3-2-4-15(17)21/h2-9,11H,10H2,1H3,(H,22,23). The van der Waals surface area contributed by atoms with E-state index in [0.29, 0.717) is 21.3 Å². The first kappa shape index (κ1) is 18.2. The quantitative estimate of drug-likeness (QED) is 0.613. The van der Waals surface area contributed by atoms with E-state index >= 15 is 0 Å². The molecule has 3 aromatic rings. The van der Waals surface area contributed by atoms with Gasteiger partial charge in [0.2, 0.25) is 0 Å². The van der Waals surface area contributed by atoms with E-state index in [-0.39, 0.29) is 18.3 Å². The number of ether oxygens (including phenoxy) is 2. The van der Waals surface area contributed by atoms with Crippen molar-refractivity contribution >= 4 is 34.5 Å². The first-order valence-corrected chi connectivity index (χ1v) is 8.92. The van der Waals surface area contributed by atoms with Crippen LogP contribution in [0.5, 0.6) is 11.5 Å². The molecule has 26 heavy (non-hydrogen) atoms. The number of carbonyl (C=O) groups excluding carboxylic acids is 1. The van der Waals surface area contributed by atoms with E-state index in [2.05, 4.69) is 5.32 Å². The molecule has 134 valence electrons. The van der Waals surface area contributed by atoms with Gasteiger partial charge in [0.05, 0.1) is 17.0 Å². The smallest absolute Gasteiger partial charge is 0.265 e. The summed E-state index contributed by atoms with van der Waals surface area (Å²) in [6.07, 6.45) is 0. The van der Waals surface area contributed by atoms with E-state index in [1.807, 2.05) is 0 Å². The fourth-order valence-corrected chi connectivity index (χ4v) is 3.28. The number of amides is 1. The Kier molecular flexibility index (Phi) is 5.75. The number of thiophene rings is 1. The molecule has 4 nitrogen and oxygen atoms in total. The number of carbonyl (C=O) groups is 1. The average molecular weight is 392 g/mol. The first-order valence-electron chi connectivity index (χ1n) is 7.66. The van der Waals surface area contributed by atoms with Crippen LogP contribution in [0.2, 0.25) is 5.02 Å². The van der Waals surface area contributed by atoms with Crippen molar-refractivity contribution in [1.29, 1.82) is 0 Å². The number of hydrogen-bond donors (Lipinski definition) is 1. The van der Waals surface area contributed by atoms with Crippen molar-refractivity contribution in [1.82, 2.24) is 0 Å². The van der Waals surface area contributed by atoms with E-state index < -0.39 is 5.82 Å². The zero-order valence-corrected chi connectivity index (χ0v) is 15.4. The van der Waals surface area contributed by atoms with Gasteiger partial charge in [0.1, 0.15) is 12.4 Å². The first-order chi connectivity index (χ1) is 12.6. The normalized spacial score (nSPS) is 10.4. The monoisotopic (exact) mass is 391 g/mol. The number of methoxy groups -OCH3 is 1. The number of para-hydroxylation sites is 1. The largest absolute Gasteiger partial charge is 0.495 e. The van der Waals surface area contributed by atoms with Crippen molar-refractivity contribution in [2.75, 3.05) is 12.4 Å². The highest BCUT2D eigenvalue weighted by Crippen LogP contribution is 2.28. The van der Waals surface area contributed by atoms with Gasteiger partial charge in [-0.1, -0.05) is 23.7 Å². The molecular formula is C19H15ClFNO3S. The van der Waals surface area contributed by atoms with E-state index in [4.69, 9.17) is 21.1 Å². The fourth-order valence-electron chi connectivity index (χ4n) is 2.23. The van der Waals surface area contributed by atoms with E-state index in [1.165, 1.54) is 24.5 Å². The number of anilines is 1. The van der Waals surface area contributed by atoms with Crippen LogP contribution in [0.1, 0.15) is 15.2 Å². The molecule has 0 aliphatic carbocycles. The van der Waals surface area contributed by atoms with Crippen molar-refractivity contribution in [3.8, 4) is 11.5 Å². The summed E-state index contributed by atoms with van der Waals surface area (Å²) in [5, 5.41) is 4.99. The van der Waals surface area contributed by atoms with E-state index in [1.54, 1.807) is 47.8 Å². The Morgan fingerprint density at radius 3 is 2.73 bits per heavy atom. The Morgan fingerprint density at radius 2 is 2.00 bits per heavy atom. The van der Waals surface area contributed by atoms with Crippen molar-refractivity contribution in [3.63, 3.8) is 0 Å². The Hall–Kier alpha value is -2.57. The highest BCUT2D eigenvalue weighted by atomic mass is 35.5. The van der Waals surface area contributed by atoms with Crippen LogP contribution in [0.15, 0.2) is 53.9 Å². The van der Waals surface area contributed by atoms with Crippen LogP contribution in [-0.4, -0.2) is 13.0 Å². The van der Waals surface area contributed by atoms with Gasteiger partial charge >= 0.3 is 0 Å². The van der Waals surface area contributed by atoms with Gasteiger partial charge in [0, 0.05) is 11.3 Å². The number of rotatable bonds is 6. The van der Waals surface area contributed by atoms with Gasteiger partial charge in [0.15, 0.2) is 11.6 Å². The summed E-state index contributed by atoms with van der Waals surface area (Å²) >= 11 is 7.34. The maximum atomic E-state index is 13.5. The summed E-state index contributed by atoms with van der Waals surface area (Å²) in [6.45, 7) is 0.180. The van der Waals surface area contributed by atoms with Gasteiger partial charge < -0.3 is 14.8 Å². The SMILES string of the molecule is COc1ccc(NC(=O)c2cc(COc3ccccc3F)cs2)cc1Cl. The second-order valence-electron chi connectivity index (χ2n) is 5.34. The maximum absolute atomic E-state index is 13.5. The van der Waals surface area contributed by atoms with Crippen LogP contribution in [-0.2, 0) is 6.61 Å². The van der Waals surface area contributed by atoms with Crippen molar-refractivity contribution in [3.05, 3.63) is 75.2 Å². The van der Waals surface area contributed by atoms with Crippen molar-refractivity contribution in [2.24, 2.45) is 0 Å². The van der Waals surface area contributed by atoms with Crippen molar-refractivity contribution in [2.45, 2.75) is 6.61 Å². The van der Waals surface area contributed by atoms with Gasteiger partial charge in [-0.25, -0.2) is 4.39 Å². The molecule has 0 aliphatic heterocycles. The molecule has 0 spiro atoms. The van der Waals surface area contributed by atoms with Gasteiger partial charge in [-0.3, -0.25) is 4.79 Å². The maximum Gasteiger partial charge on any atom is 0.265 e. The zero-order chi connectivity index (χ0) is 18.5. The zero-order valence-electron chi connectivity index (χ0n) is 13.8. The van der Waals surface area contributed by atoms with Crippen LogP contribution in [0, 0.1) is 5.82 Å². The average Bonchev–Trinajstić information content (AvgIpc) is 3.10. The molecule has 3 rings (SSSR count). The fraction of sp³-hybridized carbons (Fsp3) is 0.105. The van der Waals surface area contributed by atoms with Crippen LogP contribution in [0.3, 0.4) is 0 Å². The Bertz CT molecular complexity index is 929. The molecule has 1 N–H and O–H groups in total. The lowest BCUT2D eigenvalue weighted by Crippen LogP contribution is -2.10. The molecule has 1 aromatic heterocycles. The molecule has 0 aliphatic rings. The van der Waals surface area contributed by atoms with Crippen LogP contribution < -0.4 is 14.8 Å². The molecule has 0 bridgehead atoms. The molecule has 0 radical (unpaired) electrons. The Labute approximate surface area is 159 Å². The molecule has 1 amide bonds. The summed E-state index contributed by atoms with van der Waals surface area (Å²) in [7, 11) is 1.52. The summed E-state index contributed by atoms with van der Waals surface area (Å²) in [4.78, 5) is 12.9. The topological polar surface area (TPSA) is 47.6 Å². The highest BCUT2D eigenvalue weighted by Gasteiger charge is 2.12. The highest BCUT2D eigenvalue weighted by molar-refractivity contribution is 7.12. The Morgan fingerprint density at radius 1 is 1.19 bits per heavy atom. The molecule has 0 saturated heterocycles. The summed E-state index contributed by atoms with van der Waals surface area (Å²) in [5.41, 5.74) is 1.36. The van der Waals surface area contributed by atoms with Crippen LogP contribution in [0.25, 0.3) is 0 Å². The number of hydrogen-bond acceptors (Lipinski definition) is 4. The Balaban J connectivity index is 1.62. The predicted octanol–water partition coefficient (Wildman–Crippen LogP) is 5.38. The molecule has 1 heterocycles. The second kappa shape index (κ2) is 8.21. The van der Waals surface area contributed by atoms with Crippen molar-refractivity contribution < 1.29 is 18.7 Å². The van der Waals surface area contributed by atoms with E-state index in [0.717, 1.165) is 5.56 Å². The minimum absolute atomic E-state index is 0.178. The molecule has 0 atom stereocenters. The molecule has 0 fully saturated rings. The van der Waals surface area contributed by atoms with Crippen LogP contribution in [0.4, 0.5) is 10.1 Å². The van der Waals surface area contributed by atoms with Crippen LogP contribution >= 0.6 is 22.9 Å². The minimum Gasteiger partial charge on any atom is -0.495 e. The lowest BCUT2D eigenvalue weighted by Gasteiger charge is -2.07. The molecular weight excluding hydrogens is 377 g/mol. The predicted molar refractivity (Wildman–Crippen MR) is 101 cm³/mol. The van der Waals surface area contributed by atoms with Gasteiger partial charge in [-0.2, -0.15) is 0 Å². The number of benzene rings is 2. The lowest BCUT2D eigenvalue weighted by molar-refractivity contribution is 0.103. The lowest BCUT2D eigenvalue weighted by atomic mass is 10.2. The number of nitrogens with one attached hydrogen (secondary N) is 1. The van der Waals surface area contributed by atoms with Gasteiger partial charge in [0.25, 0.3) is 5.91 Å². The third-order valence-electron chi connectivity index (χ3n) is 3.52. The molecule has 7 heteroatoms. The summed E-state index contributed by atoms with van der Waals surface area (Å²) < 4.78 is 24.1. The third-order valence-corrected chi connectivity index (χ3v) is 4.79. The van der Waals surface area contributed by atoms with Gasteiger partial charge in [-0.05, 0) is 41.8 Å².